The maximum atomic E-state index is 12.5. The molecule has 0 aromatic carbocycles. The number of nitrogens with zero attached hydrogens (tertiary/aromatic N) is 3. The van der Waals surface area contributed by atoms with Gasteiger partial charge >= 0.3 is 11.9 Å². The first-order valence-corrected chi connectivity index (χ1v) is 9.28. The highest BCUT2D eigenvalue weighted by Gasteiger charge is 2.54. The average molecular weight is 411 g/mol. The number of hydrogen-bond acceptors (Lipinski definition) is 9. The third-order valence-corrected chi connectivity index (χ3v) is 5.52. The summed E-state index contributed by atoms with van der Waals surface area (Å²) in [6.45, 7) is 0.794. The molecule has 0 radical (unpaired) electrons. The van der Waals surface area contributed by atoms with E-state index in [1.54, 1.807) is 0 Å². The van der Waals surface area contributed by atoms with E-state index in [-0.39, 0.29) is 31.2 Å². The maximum Gasteiger partial charge on any atom is 0.352 e. The first-order chi connectivity index (χ1) is 13.3. The molecule has 0 bridgehead atoms. The smallest absolute Gasteiger partial charge is 0.352 e. The van der Waals surface area contributed by atoms with E-state index < -0.39 is 34.2 Å². The molecule has 1 saturated heterocycles. The van der Waals surface area contributed by atoms with Crippen molar-refractivity contribution in [3.05, 3.63) is 33.3 Å². The monoisotopic (exact) mass is 411 g/mol. The number of anilines is 1. The third-order valence-electron chi connectivity index (χ3n) is 4.18. The van der Waals surface area contributed by atoms with Crippen LogP contribution in [-0.2, 0) is 25.5 Å². The van der Waals surface area contributed by atoms with Gasteiger partial charge in [0.2, 0.25) is 12.5 Å². The molecule has 12 nitrogen and oxygen atoms in total. The van der Waals surface area contributed by atoms with E-state index in [1.807, 2.05) is 0 Å². The van der Waals surface area contributed by atoms with Gasteiger partial charge in [-0.15, -0.1) is 11.8 Å². The Kier molecular flexibility index (Phi) is 5.53. The fraction of sp³-hybridized carbons (Fsp3) is 0.467. The molecule has 1 aromatic rings. The standard InChI is InChI=1S/C15H17N5O7S/c1-7(21)27-5-8-6-28-13-10(12(22)20(13)11(8)14(23)24)18-15-16-4-9(17-15)2-3-19(25)26/h4,10,13H,2-3,5-6H2,1H3,(H,23,24)(H2,16,17,18)/t10-,13?/m1/s1. The number of imidazole rings is 1. The number of aromatic nitrogens is 2. The van der Waals surface area contributed by atoms with Crippen LogP contribution in [0.2, 0.25) is 0 Å². The summed E-state index contributed by atoms with van der Waals surface area (Å²) in [4.78, 5) is 53.3. The summed E-state index contributed by atoms with van der Waals surface area (Å²) in [6.07, 6.45) is 1.62. The molecule has 150 valence electrons. The van der Waals surface area contributed by atoms with E-state index in [0.29, 0.717) is 17.0 Å². The van der Waals surface area contributed by atoms with Gasteiger partial charge in [0.1, 0.15) is 23.7 Å². The van der Waals surface area contributed by atoms with E-state index in [4.69, 9.17) is 4.74 Å². The number of carboxylic acids is 1. The quantitative estimate of drug-likeness (QED) is 0.226. The van der Waals surface area contributed by atoms with Crippen molar-refractivity contribution in [2.24, 2.45) is 0 Å². The molecule has 2 aliphatic heterocycles. The van der Waals surface area contributed by atoms with Gasteiger partial charge in [0, 0.05) is 28.9 Å². The van der Waals surface area contributed by atoms with E-state index in [0.717, 1.165) is 0 Å². The normalized spacial score (nSPS) is 21.0. The summed E-state index contributed by atoms with van der Waals surface area (Å²) in [5.41, 5.74) is 0.740. The van der Waals surface area contributed by atoms with Gasteiger partial charge in [-0.3, -0.25) is 24.6 Å². The number of H-pyrrole nitrogens is 1. The Morgan fingerprint density at radius 3 is 2.96 bits per heavy atom. The van der Waals surface area contributed by atoms with Crippen LogP contribution >= 0.6 is 11.8 Å². The highest BCUT2D eigenvalue weighted by atomic mass is 32.2. The summed E-state index contributed by atoms with van der Waals surface area (Å²) >= 11 is 1.35. The number of β-lactam (4-membered cyclic amide) rings is 1. The first-order valence-electron chi connectivity index (χ1n) is 8.23. The topological polar surface area (TPSA) is 168 Å². The lowest BCUT2D eigenvalue weighted by Gasteiger charge is -2.49. The Bertz CT molecular complexity index is 867. The fourth-order valence-electron chi connectivity index (χ4n) is 2.90. The van der Waals surface area contributed by atoms with Gasteiger partial charge in [-0.2, -0.15) is 0 Å². The molecule has 0 saturated carbocycles. The lowest BCUT2D eigenvalue weighted by Crippen LogP contribution is -2.67. The molecule has 28 heavy (non-hydrogen) atoms. The molecule has 2 atom stereocenters. The van der Waals surface area contributed by atoms with Crippen molar-refractivity contribution in [1.29, 1.82) is 0 Å². The number of nitro groups is 1. The molecule has 1 unspecified atom stereocenters. The Balaban J connectivity index is 1.69. The van der Waals surface area contributed by atoms with E-state index >= 15 is 0 Å². The summed E-state index contributed by atoms with van der Waals surface area (Å²) in [7, 11) is 0. The molecule has 3 rings (SSSR count). The zero-order valence-corrected chi connectivity index (χ0v) is 15.5. The number of ether oxygens (including phenoxy) is 1. The lowest BCUT2D eigenvalue weighted by molar-refractivity contribution is -0.479. The number of thioether (sulfide) groups is 1. The largest absolute Gasteiger partial charge is 0.477 e. The molecule has 0 aliphatic carbocycles. The van der Waals surface area contributed by atoms with Crippen LogP contribution in [0.15, 0.2) is 17.5 Å². The van der Waals surface area contributed by atoms with E-state index in [2.05, 4.69) is 15.3 Å². The van der Waals surface area contributed by atoms with Crippen molar-refractivity contribution in [2.75, 3.05) is 24.2 Å². The van der Waals surface area contributed by atoms with Gasteiger partial charge in [-0.1, -0.05) is 0 Å². The van der Waals surface area contributed by atoms with Crippen LogP contribution in [-0.4, -0.2) is 73.1 Å². The molecule has 1 fully saturated rings. The Hall–Kier alpha value is -3.09. The molecule has 2 aliphatic rings. The minimum Gasteiger partial charge on any atom is -0.477 e. The van der Waals surface area contributed by atoms with Crippen LogP contribution in [0, 0.1) is 10.1 Å². The molecule has 3 N–H and O–H groups in total. The van der Waals surface area contributed by atoms with Crippen LogP contribution < -0.4 is 5.32 Å². The SMILES string of the molecule is CC(=O)OCC1=C(C(=O)O)N2C(=O)[C@@H](Nc3ncc(CC[N+](=O)[O-])[nH]3)C2SC1. The number of aromatic amines is 1. The number of fused-ring (bicyclic) bond motifs is 1. The molecule has 13 heteroatoms. The van der Waals surface area contributed by atoms with E-state index in [9.17, 15) is 29.6 Å². The Morgan fingerprint density at radius 2 is 2.32 bits per heavy atom. The molecule has 1 aromatic heterocycles. The predicted molar refractivity (Wildman–Crippen MR) is 96.0 cm³/mol. The highest BCUT2D eigenvalue weighted by molar-refractivity contribution is 8.00. The van der Waals surface area contributed by atoms with Gasteiger partial charge < -0.3 is 20.1 Å². The number of carbonyl (C=O) groups is 3. The fourth-order valence-corrected chi connectivity index (χ4v) is 4.23. The number of amides is 1. The molecule has 1 amide bonds. The van der Waals surface area contributed by atoms with Crippen molar-refractivity contribution >= 4 is 35.6 Å². The second-order valence-corrected chi connectivity index (χ2v) is 7.24. The number of hydrogen-bond donors (Lipinski definition) is 3. The lowest BCUT2D eigenvalue weighted by atomic mass is 10.0. The summed E-state index contributed by atoms with van der Waals surface area (Å²) in [6, 6.07) is -0.691. The Labute approximate surface area is 162 Å². The van der Waals surface area contributed by atoms with Crippen molar-refractivity contribution in [3.8, 4) is 0 Å². The molecular formula is C15H17N5O7S. The van der Waals surface area contributed by atoms with Crippen molar-refractivity contribution in [3.63, 3.8) is 0 Å². The number of rotatable bonds is 8. The summed E-state index contributed by atoms with van der Waals surface area (Å²) < 4.78 is 4.88. The van der Waals surface area contributed by atoms with Crippen LogP contribution in [0.25, 0.3) is 0 Å². The van der Waals surface area contributed by atoms with Gasteiger partial charge in [0.25, 0.3) is 5.91 Å². The maximum absolute atomic E-state index is 12.5. The number of esters is 1. The number of aliphatic carboxylic acids is 1. The van der Waals surface area contributed by atoms with Crippen molar-refractivity contribution in [2.45, 2.75) is 24.8 Å². The van der Waals surface area contributed by atoms with Gasteiger partial charge in [-0.25, -0.2) is 9.78 Å². The van der Waals surface area contributed by atoms with Crippen LogP contribution in [0.3, 0.4) is 0 Å². The van der Waals surface area contributed by atoms with Crippen LogP contribution in [0.1, 0.15) is 12.6 Å². The van der Waals surface area contributed by atoms with Crippen LogP contribution in [0.5, 0.6) is 0 Å². The second-order valence-electron chi connectivity index (χ2n) is 6.13. The zero-order chi connectivity index (χ0) is 20.4. The van der Waals surface area contributed by atoms with Crippen molar-refractivity contribution < 1.29 is 29.2 Å². The number of carbonyl (C=O) groups excluding carboxylic acids is 2. The minimum absolute atomic E-state index is 0.167. The highest BCUT2D eigenvalue weighted by Crippen LogP contribution is 2.41. The minimum atomic E-state index is -1.26. The van der Waals surface area contributed by atoms with Crippen LogP contribution in [0.4, 0.5) is 5.95 Å². The number of nitrogens with one attached hydrogen (secondary N) is 2. The molecule has 3 heterocycles. The molecule has 0 spiro atoms. The summed E-state index contributed by atoms with van der Waals surface area (Å²) in [5.74, 6) is -1.67. The van der Waals surface area contributed by atoms with Gasteiger partial charge in [0.05, 0.1) is 12.6 Å². The van der Waals surface area contributed by atoms with Gasteiger partial charge in [-0.05, 0) is 0 Å². The second kappa shape index (κ2) is 7.88. The zero-order valence-electron chi connectivity index (χ0n) is 14.7. The van der Waals surface area contributed by atoms with E-state index in [1.165, 1.54) is 29.8 Å². The average Bonchev–Trinajstić information content (AvgIpc) is 3.09. The van der Waals surface area contributed by atoms with Crippen molar-refractivity contribution in [1.82, 2.24) is 14.9 Å². The number of carboxylic acid groups (broad SMARTS) is 1. The summed E-state index contributed by atoms with van der Waals surface area (Å²) in [5, 5.41) is 22.4. The first kappa shape index (κ1) is 19.7. The van der Waals surface area contributed by atoms with Gasteiger partial charge in [0.15, 0.2) is 0 Å². The molecular weight excluding hydrogens is 394 g/mol. The third kappa shape index (κ3) is 3.93. The predicted octanol–water partition coefficient (Wildman–Crippen LogP) is -0.174. The Morgan fingerprint density at radius 1 is 1.57 bits per heavy atom.